The predicted octanol–water partition coefficient (Wildman–Crippen LogP) is 2.81. The van der Waals surface area contributed by atoms with Gasteiger partial charge in [-0.25, -0.2) is 13.8 Å². The molecule has 2 aliphatic rings. The Bertz CT molecular complexity index is 1310. The molecule has 9 nitrogen and oxygen atoms in total. The van der Waals surface area contributed by atoms with Crippen LogP contribution in [0.15, 0.2) is 35.7 Å². The van der Waals surface area contributed by atoms with E-state index in [1.165, 1.54) is 6.08 Å². The summed E-state index contributed by atoms with van der Waals surface area (Å²) < 4.78 is 69.0. The summed E-state index contributed by atoms with van der Waals surface area (Å²) in [5.74, 6) is -3.57. The quantitative estimate of drug-likeness (QED) is 0.258. The number of carbonyl (C=O) groups excluding carboxylic acids is 2. The Morgan fingerprint density at radius 1 is 1.37 bits per heavy atom. The number of hydrazone groups is 1. The summed E-state index contributed by atoms with van der Waals surface area (Å²) in [6, 6.07) is -0.544. The van der Waals surface area contributed by atoms with E-state index in [1.54, 1.807) is 0 Å². The van der Waals surface area contributed by atoms with Crippen molar-refractivity contribution in [2.45, 2.75) is 38.4 Å². The fourth-order valence-electron chi connectivity index (χ4n) is 4.82. The second kappa shape index (κ2) is 10.5. The Morgan fingerprint density at radius 3 is 2.76 bits per heavy atom. The molecule has 0 bridgehead atoms. The minimum atomic E-state index is -4.65. The molecular formula is C24H26F5N7O2. The van der Waals surface area contributed by atoms with Gasteiger partial charge in [0.05, 0.1) is 29.6 Å². The van der Waals surface area contributed by atoms with E-state index in [0.29, 0.717) is 30.5 Å². The van der Waals surface area contributed by atoms with Crippen molar-refractivity contribution in [1.29, 1.82) is 5.41 Å². The van der Waals surface area contributed by atoms with E-state index in [-0.39, 0.29) is 34.9 Å². The number of fused-ring (bicyclic) bond motifs is 1. The third-order valence-corrected chi connectivity index (χ3v) is 6.92. The maximum absolute atomic E-state index is 14.1. The van der Waals surface area contributed by atoms with Gasteiger partial charge in [0.1, 0.15) is 12.4 Å². The molecule has 3 N–H and O–H groups in total. The lowest BCUT2D eigenvalue weighted by Gasteiger charge is -2.25. The van der Waals surface area contributed by atoms with Crippen LogP contribution in [0.4, 0.5) is 22.0 Å². The molecule has 14 heteroatoms. The smallest absolute Gasteiger partial charge is 0.356 e. The number of nitrogens with zero attached hydrogens (tertiary/aromatic N) is 4. The minimum absolute atomic E-state index is 0.0176. The van der Waals surface area contributed by atoms with Crippen LogP contribution in [-0.2, 0) is 9.59 Å². The standard InChI is InChI=1S/C24H26F5N7O2/c1-2-23(8-20(38)33-12-23)5-6-31-19(37)4-3-17-15(9-30)21(34-36(17)13-24(27,28)29)18-10-32-22-16(26)7-14(25)11-35(18)22/h3-4,7,9-11,15,17,30H,2,5-6,8,12-13H2,1H3,(H,31,37)(H,33,38)/b4-3+,30-9?. The highest BCUT2D eigenvalue weighted by atomic mass is 19.4. The molecule has 0 spiro atoms. The first-order valence-corrected chi connectivity index (χ1v) is 11.9. The minimum Gasteiger partial charge on any atom is -0.356 e. The van der Waals surface area contributed by atoms with Crippen molar-refractivity contribution >= 4 is 29.4 Å². The van der Waals surface area contributed by atoms with E-state index in [9.17, 15) is 31.5 Å². The van der Waals surface area contributed by atoms with Gasteiger partial charge in [0.25, 0.3) is 0 Å². The topological polar surface area (TPSA) is 115 Å². The largest absolute Gasteiger partial charge is 0.407 e. The summed E-state index contributed by atoms with van der Waals surface area (Å²) in [4.78, 5) is 27.9. The summed E-state index contributed by atoms with van der Waals surface area (Å²) in [7, 11) is 0. The number of hydrogen-bond donors (Lipinski definition) is 3. The summed E-state index contributed by atoms with van der Waals surface area (Å²) >= 11 is 0. The third kappa shape index (κ3) is 5.68. The highest BCUT2D eigenvalue weighted by Crippen LogP contribution is 2.33. The zero-order valence-electron chi connectivity index (χ0n) is 20.4. The molecule has 0 saturated carbocycles. The van der Waals surface area contributed by atoms with Gasteiger partial charge in [-0.05, 0) is 18.3 Å². The first-order valence-electron chi connectivity index (χ1n) is 11.9. The lowest BCUT2D eigenvalue weighted by molar-refractivity contribution is -0.147. The van der Waals surface area contributed by atoms with Crippen molar-refractivity contribution in [3.63, 3.8) is 0 Å². The van der Waals surface area contributed by atoms with E-state index in [1.807, 2.05) is 6.92 Å². The number of aromatic nitrogens is 2. The molecule has 38 heavy (non-hydrogen) atoms. The maximum atomic E-state index is 14.1. The third-order valence-electron chi connectivity index (χ3n) is 6.92. The van der Waals surface area contributed by atoms with E-state index in [0.717, 1.165) is 35.5 Å². The van der Waals surface area contributed by atoms with Gasteiger partial charge in [0, 0.05) is 44.1 Å². The molecular weight excluding hydrogens is 513 g/mol. The second-order valence-corrected chi connectivity index (χ2v) is 9.43. The van der Waals surface area contributed by atoms with Gasteiger partial charge in [0.15, 0.2) is 11.5 Å². The fraction of sp³-hybridized carbons (Fsp3) is 0.458. The van der Waals surface area contributed by atoms with Gasteiger partial charge >= 0.3 is 6.18 Å². The Morgan fingerprint density at radius 2 is 2.13 bits per heavy atom. The fourth-order valence-corrected chi connectivity index (χ4v) is 4.82. The van der Waals surface area contributed by atoms with Crippen LogP contribution >= 0.6 is 0 Å². The number of hydrogen-bond acceptors (Lipinski definition) is 6. The predicted molar refractivity (Wildman–Crippen MR) is 128 cm³/mol. The van der Waals surface area contributed by atoms with Crippen LogP contribution in [0.25, 0.3) is 5.65 Å². The Balaban J connectivity index is 1.53. The molecule has 1 fully saturated rings. The zero-order valence-corrected chi connectivity index (χ0v) is 20.4. The molecule has 1 saturated heterocycles. The summed E-state index contributed by atoms with van der Waals surface area (Å²) in [6.45, 7) is 1.26. The van der Waals surface area contributed by atoms with Crippen LogP contribution in [0, 0.1) is 28.4 Å². The van der Waals surface area contributed by atoms with E-state index < -0.39 is 42.2 Å². The van der Waals surface area contributed by atoms with Crippen LogP contribution in [0.2, 0.25) is 0 Å². The van der Waals surface area contributed by atoms with Gasteiger partial charge < -0.3 is 16.0 Å². The van der Waals surface area contributed by atoms with Crippen LogP contribution in [-0.4, -0.2) is 70.0 Å². The highest BCUT2D eigenvalue weighted by Gasteiger charge is 2.42. The summed E-state index contributed by atoms with van der Waals surface area (Å²) in [6.07, 6.45) is 2.22. The van der Waals surface area contributed by atoms with Crippen molar-refractivity contribution in [2.24, 2.45) is 16.4 Å². The SMILES string of the molecule is CCC1(CCNC(=O)/C=C/C2C(C=N)C(c3cnc4c(F)cc(F)cn34)=NN2CC(F)(F)F)CNC(=O)C1. The molecule has 4 rings (SSSR count). The average molecular weight is 540 g/mol. The molecule has 0 aliphatic carbocycles. The van der Waals surface area contributed by atoms with Crippen molar-refractivity contribution in [2.75, 3.05) is 19.6 Å². The Kier molecular flexibility index (Phi) is 7.51. The first kappa shape index (κ1) is 27.2. The number of rotatable bonds is 9. The number of imidazole rings is 1. The van der Waals surface area contributed by atoms with Gasteiger partial charge in [-0.1, -0.05) is 13.0 Å². The van der Waals surface area contributed by atoms with Crippen LogP contribution in [0.3, 0.4) is 0 Å². The van der Waals surface area contributed by atoms with E-state index >= 15 is 0 Å². The molecule has 0 aromatic carbocycles. The van der Waals surface area contributed by atoms with Crippen LogP contribution < -0.4 is 10.6 Å². The number of carbonyl (C=O) groups is 2. The van der Waals surface area contributed by atoms with Crippen molar-refractivity contribution < 1.29 is 31.5 Å². The lowest BCUT2D eigenvalue weighted by Crippen LogP contribution is -2.38. The van der Waals surface area contributed by atoms with E-state index in [2.05, 4.69) is 20.7 Å². The second-order valence-electron chi connectivity index (χ2n) is 9.43. The van der Waals surface area contributed by atoms with E-state index in [4.69, 9.17) is 5.41 Å². The number of amides is 2. The van der Waals surface area contributed by atoms with Crippen molar-refractivity contribution in [1.82, 2.24) is 25.0 Å². The molecule has 2 aromatic heterocycles. The monoisotopic (exact) mass is 539 g/mol. The number of alkyl halides is 3. The summed E-state index contributed by atoms with van der Waals surface area (Å²) in [5, 5.41) is 18.1. The van der Waals surface area contributed by atoms with Gasteiger partial charge in [-0.15, -0.1) is 0 Å². The van der Waals surface area contributed by atoms with Crippen LogP contribution in [0.5, 0.6) is 0 Å². The molecule has 0 radical (unpaired) electrons. The molecule has 3 unspecified atom stereocenters. The van der Waals surface area contributed by atoms with Crippen molar-refractivity contribution in [3.8, 4) is 0 Å². The van der Waals surface area contributed by atoms with Gasteiger partial charge in [-0.2, -0.15) is 18.3 Å². The highest BCUT2D eigenvalue weighted by molar-refractivity contribution is 6.10. The lowest BCUT2D eigenvalue weighted by atomic mass is 9.81. The molecule has 4 heterocycles. The number of pyridine rings is 1. The molecule has 2 aliphatic heterocycles. The Hall–Kier alpha value is -3.84. The van der Waals surface area contributed by atoms with Crippen molar-refractivity contribution in [3.05, 3.63) is 47.9 Å². The zero-order chi connectivity index (χ0) is 27.7. The number of halogens is 5. The molecule has 3 atom stereocenters. The normalized spacial score (nSPS) is 23.8. The molecule has 2 aromatic rings. The Labute approximate surface area is 214 Å². The van der Waals surface area contributed by atoms with Crippen LogP contribution in [0.1, 0.15) is 31.9 Å². The molecule has 204 valence electrons. The van der Waals surface area contributed by atoms with Gasteiger partial charge in [-0.3, -0.25) is 19.0 Å². The van der Waals surface area contributed by atoms with Gasteiger partial charge in [0.2, 0.25) is 11.8 Å². The summed E-state index contributed by atoms with van der Waals surface area (Å²) in [5.41, 5.74) is -0.550. The molecule has 2 amide bonds. The average Bonchev–Trinajstić information content (AvgIpc) is 3.52. The number of nitrogens with one attached hydrogen (secondary N) is 3. The first-order chi connectivity index (χ1) is 17.9. The maximum Gasteiger partial charge on any atom is 0.407 e.